The maximum Gasteiger partial charge on any atom is 0.265 e. The van der Waals surface area contributed by atoms with Gasteiger partial charge in [0, 0.05) is 11.3 Å². The van der Waals surface area contributed by atoms with E-state index >= 15 is 0 Å². The monoisotopic (exact) mass is 426 g/mol. The SMILES string of the molecule is Cc1ccc(NC(=O)CO/N=C/c2ccc(OCc3ccccc3F)c(Cl)c2)cc1. The summed E-state index contributed by atoms with van der Waals surface area (Å²) >= 11 is 6.21. The standard InChI is InChI=1S/C23H20ClFN2O3/c1-16-6-9-19(10-7-16)27-23(28)15-30-26-13-17-8-11-22(20(24)12-17)29-14-18-4-2-3-5-21(18)25/h2-13H,14-15H2,1H3,(H,27,28)/b26-13+. The molecule has 154 valence electrons. The molecule has 1 amide bonds. The summed E-state index contributed by atoms with van der Waals surface area (Å²) in [5, 5.41) is 6.85. The Bertz CT molecular complexity index is 1040. The van der Waals surface area contributed by atoms with Crippen LogP contribution in [0.3, 0.4) is 0 Å². The molecule has 30 heavy (non-hydrogen) atoms. The summed E-state index contributed by atoms with van der Waals surface area (Å²) in [6.07, 6.45) is 1.44. The zero-order valence-electron chi connectivity index (χ0n) is 16.3. The number of carbonyl (C=O) groups excluding carboxylic acids is 1. The molecule has 0 aliphatic carbocycles. The Morgan fingerprint density at radius 2 is 1.90 bits per heavy atom. The average Bonchev–Trinajstić information content (AvgIpc) is 2.73. The fourth-order valence-electron chi connectivity index (χ4n) is 2.51. The van der Waals surface area contributed by atoms with E-state index in [4.69, 9.17) is 21.2 Å². The third-order valence-corrected chi connectivity index (χ3v) is 4.40. The van der Waals surface area contributed by atoms with E-state index in [-0.39, 0.29) is 24.9 Å². The zero-order valence-corrected chi connectivity index (χ0v) is 17.0. The van der Waals surface area contributed by atoms with Gasteiger partial charge in [-0.05, 0) is 48.9 Å². The Hall–Kier alpha value is -3.38. The number of benzene rings is 3. The molecule has 0 fully saturated rings. The van der Waals surface area contributed by atoms with Gasteiger partial charge in [0.05, 0.1) is 11.2 Å². The Morgan fingerprint density at radius 1 is 1.13 bits per heavy atom. The number of nitrogens with zero attached hydrogens (tertiary/aromatic N) is 1. The predicted octanol–water partition coefficient (Wildman–Crippen LogP) is 5.36. The van der Waals surface area contributed by atoms with Crippen LogP contribution in [0.25, 0.3) is 0 Å². The first kappa shape index (κ1) is 21.3. The molecule has 0 aliphatic heterocycles. The van der Waals surface area contributed by atoms with Crippen molar-refractivity contribution >= 4 is 29.4 Å². The molecule has 0 aromatic heterocycles. The van der Waals surface area contributed by atoms with E-state index in [0.29, 0.717) is 27.6 Å². The van der Waals surface area contributed by atoms with Crippen molar-refractivity contribution in [3.63, 3.8) is 0 Å². The number of hydrogen-bond acceptors (Lipinski definition) is 4. The maximum atomic E-state index is 13.7. The molecule has 5 nitrogen and oxygen atoms in total. The van der Waals surface area contributed by atoms with Crippen LogP contribution in [-0.2, 0) is 16.2 Å². The smallest absolute Gasteiger partial charge is 0.265 e. The molecular weight excluding hydrogens is 407 g/mol. The summed E-state index contributed by atoms with van der Waals surface area (Å²) in [4.78, 5) is 16.9. The minimum atomic E-state index is -0.332. The number of anilines is 1. The van der Waals surface area contributed by atoms with Crippen molar-refractivity contribution in [1.82, 2.24) is 0 Å². The summed E-state index contributed by atoms with van der Waals surface area (Å²) in [5.41, 5.74) is 2.90. The zero-order chi connectivity index (χ0) is 21.3. The lowest BCUT2D eigenvalue weighted by atomic mass is 10.2. The molecule has 0 saturated carbocycles. The third-order valence-electron chi connectivity index (χ3n) is 4.10. The van der Waals surface area contributed by atoms with Gasteiger partial charge in [-0.15, -0.1) is 0 Å². The van der Waals surface area contributed by atoms with Gasteiger partial charge >= 0.3 is 0 Å². The van der Waals surface area contributed by atoms with Crippen LogP contribution in [0.5, 0.6) is 5.75 Å². The second-order valence-corrected chi connectivity index (χ2v) is 6.90. The van der Waals surface area contributed by atoms with Crippen LogP contribution >= 0.6 is 11.6 Å². The van der Waals surface area contributed by atoms with E-state index in [1.54, 1.807) is 36.4 Å². The summed E-state index contributed by atoms with van der Waals surface area (Å²) in [6, 6.07) is 18.8. The highest BCUT2D eigenvalue weighted by Gasteiger charge is 2.06. The minimum Gasteiger partial charge on any atom is -0.487 e. The van der Waals surface area contributed by atoms with E-state index in [9.17, 15) is 9.18 Å². The maximum absolute atomic E-state index is 13.7. The third kappa shape index (κ3) is 6.32. The fourth-order valence-corrected chi connectivity index (χ4v) is 2.76. The number of hydrogen-bond donors (Lipinski definition) is 1. The Kier molecular flexibility index (Phi) is 7.40. The summed E-state index contributed by atoms with van der Waals surface area (Å²) in [5.74, 6) is -0.220. The molecule has 0 unspecified atom stereocenters. The Balaban J connectivity index is 1.47. The quantitative estimate of drug-likeness (QED) is 0.390. The van der Waals surface area contributed by atoms with Crippen LogP contribution in [0.4, 0.5) is 10.1 Å². The number of nitrogens with one attached hydrogen (secondary N) is 1. The molecular formula is C23H20ClFN2O3. The second kappa shape index (κ2) is 10.4. The molecule has 3 aromatic rings. The normalized spacial score (nSPS) is 10.8. The van der Waals surface area contributed by atoms with E-state index in [1.165, 1.54) is 12.3 Å². The van der Waals surface area contributed by atoms with Crippen LogP contribution in [0, 0.1) is 12.7 Å². The molecule has 3 rings (SSSR count). The number of ether oxygens (including phenoxy) is 1. The van der Waals surface area contributed by atoms with E-state index < -0.39 is 0 Å². The van der Waals surface area contributed by atoms with Gasteiger partial charge in [0.1, 0.15) is 18.2 Å². The Morgan fingerprint density at radius 3 is 2.63 bits per heavy atom. The number of rotatable bonds is 8. The van der Waals surface area contributed by atoms with Crippen molar-refractivity contribution in [3.05, 3.63) is 94.3 Å². The lowest BCUT2D eigenvalue weighted by molar-refractivity contribution is -0.120. The summed E-state index contributed by atoms with van der Waals surface area (Å²) < 4.78 is 19.2. The highest BCUT2D eigenvalue weighted by Crippen LogP contribution is 2.26. The van der Waals surface area contributed by atoms with Gasteiger partial charge in [0.2, 0.25) is 0 Å². The van der Waals surface area contributed by atoms with Crippen LogP contribution in [-0.4, -0.2) is 18.7 Å². The van der Waals surface area contributed by atoms with Crippen LogP contribution < -0.4 is 10.1 Å². The van der Waals surface area contributed by atoms with Crippen LogP contribution in [0.1, 0.15) is 16.7 Å². The fraction of sp³-hybridized carbons (Fsp3) is 0.130. The van der Waals surface area contributed by atoms with E-state index in [2.05, 4.69) is 10.5 Å². The number of aryl methyl sites for hydroxylation is 1. The molecule has 3 aromatic carbocycles. The summed E-state index contributed by atoms with van der Waals surface area (Å²) in [6.45, 7) is 1.82. The van der Waals surface area contributed by atoms with Gasteiger partial charge in [0.25, 0.3) is 5.91 Å². The topological polar surface area (TPSA) is 59.9 Å². The number of halogens is 2. The van der Waals surface area contributed by atoms with Gasteiger partial charge in [-0.25, -0.2) is 4.39 Å². The van der Waals surface area contributed by atoms with Gasteiger partial charge < -0.3 is 14.9 Å². The first-order valence-corrected chi connectivity index (χ1v) is 9.56. The van der Waals surface area contributed by atoms with Crippen molar-refractivity contribution in [3.8, 4) is 5.75 Å². The second-order valence-electron chi connectivity index (χ2n) is 6.49. The molecule has 0 aliphatic rings. The number of carbonyl (C=O) groups is 1. The van der Waals surface area contributed by atoms with E-state index in [1.807, 2.05) is 31.2 Å². The highest BCUT2D eigenvalue weighted by atomic mass is 35.5. The van der Waals surface area contributed by atoms with Crippen LogP contribution in [0.2, 0.25) is 5.02 Å². The predicted molar refractivity (Wildman–Crippen MR) is 116 cm³/mol. The first-order chi connectivity index (χ1) is 14.5. The van der Waals surface area contributed by atoms with Crippen molar-refractivity contribution in [1.29, 1.82) is 0 Å². The number of oxime groups is 1. The lowest BCUT2D eigenvalue weighted by Gasteiger charge is -2.09. The minimum absolute atomic E-state index is 0.0685. The van der Waals surface area contributed by atoms with Gasteiger partial charge in [-0.1, -0.05) is 52.7 Å². The molecule has 7 heteroatoms. The van der Waals surface area contributed by atoms with Crippen molar-refractivity contribution in [2.45, 2.75) is 13.5 Å². The molecule has 0 saturated heterocycles. The molecule has 1 N–H and O–H groups in total. The molecule has 0 atom stereocenters. The Labute approximate surface area is 179 Å². The van der Waals surface area contributed by atoms with Gasteiger partial charge in [0.15, 0.2) is 6.61 Å². The first-order valence-electron chi connectivity index (χ1n) is 9.19. The highest BCUT2D eigenvalue weighted by molar-refractivity contribution is 6.32. The van der Waals surface area contributed by atoms with Crippen molar-refractivity contribution < 1.29 is 18.8 Å². The van der Waals surface area contributed by atoms with Crippen molar-refractivity contribution in [2.24, 2.45) is 5.16 Å². The molecule has 0 radical (unpaired) electrons. The summed E-state index contributed by atoms with van der Waals surface area (Å²) in [7, 11) is 0. The van der Waals surface area contributed by atoms with E-state index in [0.717, 1.165) is 5.56 Å². The number of amides is 1. The largest absolute Gasteiger partial charge is 0.487 e. The molecule has 0 bridgehead atoms. The van der Waals surface area contributed by atoms with Crippen molar-refractivity contribution in [2.75, 3.05) is 11.9 Å². The van der Waals surface area contributed by atoms with Crippen LogP contribution in [0.15, 0.2) is 71.9 Å². The lowest BCUT2D eigenvalue weighted by Crippen LogP contribution is -2.16. The van der Waals surface area contributed by atoms with Gasteiger partial charge in [-0.2, -0.15) is 0 Å². The average molecular weight is 427 g/mol. The molecule has 0 spiro atoms. The van der Waals surface area contributed by atoms with Gasteiger partial charge in [-0.3, -0.25) is 4.79 Å². The molecule has 0 heterocycles.